The summed E-state index contributed by atoms with van der Waals surface area (Å²) in [6, 6.07) is 3.66. The second-order valence-electron chi connectivity index (χ2n) is 6.27. The Morgan fingerprint density at radius 3 is 2.88 bits per heavy atom. The number of rotatable bonds is 4. The largest absolute Gasteiger partial charge is 0.378 e. The van der Waals surface area contributed by atoms with E-state index in [0.29, 0.717) is 49.4 Å². The molecule has 2 aliphatic heterocycles. The minimum absolute atomic E-state index is 0.120. The predicted octanol–water partition coefficient (Wildman–Crippen LogP) is 1.67. The summed E-state index contributed by atoms with van der Waals surface area (Å²) in [6.07, 6.45) is 0.803. The van der Waals surface area contributed by atoms with Crippen LogP contribution in [0.25, 0.3) is 0 Å². The molecule has 1 saturated heterocycles. The molecule has 0 bridgehead atoms. The lowest BCUT2D eigenvalue weighted by atomic mass is 10.2. The van der Waals surface area contributed by atoms with Crippen molar-refractivity contribution in [3.63, 3.8) is 0 Å². The van der Waals surface area contributed by atoms with Crippen molar-refractivity contribution in [3.8, 4) is 0 Å². The van der Waals surface area contributed by atoms with Crippen LogP contribution in [0, 0.1) is 0 Å². The van der Waals surface area contributed by atoms with Crippen molar-refractivity contribution < 1.29 is 14.3 Å². The van der Waals surface area contributed by atoms with Crippen molar-refractivity contribution >= 4 is 39.6 Å². The first-order chi connectivity index (χ1) is 12.7. The van der Waals surface area contributed by atoms with Gasteiger partial charge in [0.2, 0.25) is 5.91 Å². The fourth-order valence-electron chi connectivity index (χ4n) is 3.11. The Morgan fingerprint density at radius 1 is 1.27 bits per heavy atom. The van der Waals surface area contributed by atoms with Crippen LogP contribution in [0.15, 0.2) is 17.5 Å². The van der Waals surface area contributed by atoms with Crippen molar-refractivity contribution in [2.45, 2.75) is 13.0 Å². The third kappa shape index (κ3) is 3.96. The molecule has 2 amide bonds. The van der Waals surface area contributed by atoms with Gasteiger partial charge in [-0.05, 0) is 11.4 Å². The molecule has 0 atom stereocenters. The van der Waals surface area contributed by atoms with Gasteiger partial charge in [0.05, 0.1) is 30.3 Å². The van der Waals surface area contributed by atoms with E-state index in [0.717, 1.165) is 23.5 Å². The maximum Gasteiger partial charge on any atom is 0.267 e. The third-order valence-corrected chi connectivity index (χ3v) is 6.36. The van der Waals surface area contributed by atoms with Crippen LogP contribution in [0.5, 0.6) is 0 Å². The molecule has 0 radical (unpaired) electrons. The van der Waals surface area contributed by atoms with Crippen LogP contribution in [-0.2, 0) is 22.5 Å². The SMILES string of the molecule is O=C(Nc1nc2c(s1)CN(CC(=O)N1CCOCC1)CC2)c1cccs1. The zero-order valence-electron chi connectivity index (χ0n) is 14.3. The number of ether oxygens (including phenoxy) is 1. The van der Waals surface area contributed by atoms with E-state index in [1.807, 2.05) is 16.3 Å². The molecule has 2 aromatic rings. The molecule has 2 aliphatic rings. The van der Waals surface area contributed by atoms with Gasteiger partial charge in [-0.25, -0.2) is 4.98 Å². The highest BCUT2D eigenvalue weighted by Gasteiger charge is 2.25. The fourth-order valence-corrected chi connectivity index (χ4v) is 4.77. The summed E-state index contributed by atoms with van der Waals surface area (Å²) < 4.78 is 5.30. The number of nitrogens with zero attached hydrogens (tertiary/aromatic N) is 3. The molecule has 4 heterocycles. The number of thiophene rings is 1. The van der Waals surface area contributed by atoms with E-state index in [4.69, 9.17) is 4.74 Å². The molecule has 7 nitrogen and oxygen atoms in total. The van der Waals surface area contributed by atoms with E-state index in [1.165, 1.54) is 22.7 Å². The van der Waals surface area contributed by atoms with E-state index >= 15 is 0 Å². The van der Waals surface area contributed by atoms with Gasteiger partial charge >= 0.3 is 0 Å². The predicted molar refractivity (Wildman–Crippen MR) is 101 cm³/mol. The second-order valence-corrected chi connectivity index (χ2v) is 8.31. The Bertz CT molecular complexity index is 784. The number of amides is 2. The summed E-state index contributed by atoms with van der Waals surface area (Å²) in [6.45, 7) is 4.54. The molecule has 4 rings (SSSR count). The first-order valence-corrected chi connectivity index (χ1v) is 10.3. The molecule has 1 N–H and O–H groups in total. The summed E-state index contributed by atoms with van der Waals surface area (Å²) >= 11 is 2.91. The van der Waals surface area contributed by atoms with Gasteiger partial charge in [-0.3, -0.25) is 19.8 Å². The number of hydrogen-bond donors (Lipinski definition) is 1. The quantitative estimate of drug-likeness (QED) is 0.857. The average Bonchev–Trinajstić information content (AvgIpc) is 3.31. The monoisotopic (exact) mass is 392 g/mol. The topological polar surface area (TPSA) is 74.8 Å². The lowest BCUT2D eigenvalue weighted by Crippen LogP contribution is -2.46. The highest BCUT2D eigenvalue weighted by Crippen LogP contribution is 2.28. The molecular weight excluding hydrogens is 372 g/mol. The molecule has 9 heteroatoms. The summed E-state index contributed by atoms with van der Waals surface area (Å²) in [5.41, 5.74) is 1.03. The molecular formula is C17H20N4O3S2. The number of carbonyl (C=O) groups is 2. The highest BCUT2D eigenvalue weighted by molar-refractivity contribution is 7.16. The molecule has 0 aromatic carbocycles. The van der Waals surface area contributed by atoms with E-state index < -0.39 is 0 Å². The normalized spacial score (nSPS) is 17.8. The summed E-state index contributed by atoms with van der Waals surface area (Å²) in [4.78, 5) is 35.0. The lowest BCUT2D eigenvalue weighted by Gasteiger charge is -2.31. The summed E-state index contributed by atoms with van der Waals surface area (Å²) in [5, 5.41) is 5.39. The molecule has 26 heavy (non-hydrogen) atoms. The number of aromatic nitrogens is 1. The van der Waals surface area contributed by atoms with E-state index in [2.05, 4.69) is 15.2 Å². The molecule has 2 aromatic heterocycles. The maximum absolute atomic E-state index is 12.4. The molecule has 0 saturated carbocycles. The van der Waals surface area contributed by atoms with Crippen LogP contribution in [0.1, 0.15) is 20.2 Å². The van der Waals surface area contributed by atoms with E-state index in [1.54, 1.807) is 6.07 Å². The molecule has 0 unspecified atom stereocenters. The highest BCUT2D eigenvalue weighted by atomic mass is 32.1. The average molecular weight is 393 g/mol. The van der Waals surface area contributed by atoms with Crippen LogP contribution in [0.3, 0.4) is 0 Å². The number of fused-ring (bicyclic) bond motifs is 1. The number of carbonyl (C=O) groups excluding carboxylic acids is 2. The Labute approximate surface area is 159 Å². The van der Waals surface area contributed by atoms with Crippen molar-refractivity contribution in [2.24, 2.45) is 0 Å². The summed E-state index contributed by atoms with van der Waals surface area (Å²) in [7, 11) is 0. The Morgan fingerprint density at radius 2 is 2.12 bits per heavy atom. The van der Waals surface area contributed by atoms with Crippen LogP contribution in [0.2, 0.25) is 0 Å². The van der Waals surface area contributed by atoms with Crippen molar-refractivity contribution in [1.29, 1.82) is 0 Å². The van der Waals surface area contributed by atoms with Gasteiger partial charge in [0.1, 0.15) is 0 Å². The van der Waals surface area contributed by atoms with Gasteiger partial charge < -0.3 is 9.64 Å². The maximum atomic E-state index is 12.4. The van der Waals surface area contributed by atoms with Gasteiger partial charge in [-0.1, -0.05) is 6.07 Å². The number of anilines is 1. The van der Waals surface area contributed by atoms with Gasteiger partial charge in [0.25, 0.3) is 5.91 Å². The summed E-state index contributed by atoms with van der Waals surface area (Å²) in [5.74, 6) is 0.0398. The first kappa shape index (κ1) is 17.6. The van der Waals surface area contributed by atoms with Gasteiger partial charge in [0.15, 0.2) is 5.13 Å². The van der Waals surface area contributed by atoms with Crippen molar-refractivity contribution in [2.75, 3.05) is 44.7 Å². The fraction of sp³-hybridized carbons (Fsp3) is 0.471. The molecule has 1 fully saturated rings. The molecule has 138 valence electrons. The third-order valence-electron chi connectivity index (χ3n) is 4.50. The van der Waals surface area contributed by atoms with Crippen molar-refractivity contribution in [1.82, 2.24) is 14.8 Å². The molecule has 0 aliphatic carbocycles. The van der Waals surface area contributed by atoms with Crippen LogP contribution < -0.4 is 5.32 Å². The smallest absolute Gasteiger partial charge is 0.267 e. The Balaban J connectivity index is 1.35. The standard InChI is InChI=1S/C17H20N4O3S2/c22-15(21-5-7-24-8-6-21)11-20-4-3-12-14(10-20)26-17(18-12)19-16(23)13-2-1-9-25-13/h1-2,9H,3-8,10-11H2,(H,18,19,23). The Kier molecular flexibility index (Phi) is 5.30. The van der Waals surface area contributed by atoms with Crippen LogP contribution in [0.4, 0.5) is 5.13 Å². The minimum Gasteiger partial charge on any atom is -0.378 e. The Hall–Kier alpha value is -1.81. The van der Waals surface area contributed by atoms with Gasteiger partial charge in [0, 0.05) is 37.5 Å². The number of hydrogen-bond acceptors (Lipinski definition) is 7. The van der Waals surface area contributed by atoms with Crippen LogP contribution >= 0.6 is 22.7 Å². The van der Waals surface area contributed by atoms with Crippen LogP contribution in [-0.4, -0.2) is 66.0 Å². The zero-order chi connectivity index (χ0) is 17.9. The minimum atomic E-state index is -0.120. The number of morpholine rings is 1. The van der Waals surface area contributed by atoms with Crippen molar-refractivity contribution in [3.05, 3.63) is 33.0 Å². The number of nitrogens with one attached hydrogen (secondary N) is 1. The van der Waals surface area contributed by atoms with E-state index in [9.17, 15) is 9.59 Å². The first-order valence-electron chi connectivity index (χ1n) is 8.60. The lowest BCUT2D eigenvalue weighted by molar-refractivity contribution is -0.136. The zero-order valence-corrected chi connectivity index (χ0v) is 15.9. The molecule has 0 spiro atoms. The second kappa shape index (κ2) is 7.83. The number of thiazole rings is 1. The van der Waals surface area contributed by atoms with Gasteiger partial charge in [-0.15, -0.1) is 22.7 Å². The van der Waals surface area contributed by atoms with E-state index in [-0.39, 0.29) is 11.8 Å². The van der Waals surface area contributed by atoms with Gasteiger partial charge in [-0.2, -0.15) is 0 Å².